The van der Waals surface area contributed by atoms with Crippen LogP contribution in [-0.4, -0.2) is 40.4 Å². The molecule has 4 rings (SSSR count). The Morgan fingerprint density at radius 3 is 2.47 bits per heavy atom. The van der Waals surface area contributed by atoms with Gasteiger partial charge in [-0.2, -0.15) is 0 Å². The standard InChI is InChI=1S/C23H18F3IN2O2S/c24-17-8-7-16(21(20(17)26)28-19-9-6-14(27)10-18(19)25)22(30)29-11-23(31,12-29)13-32-15-4-2-1-3-5-15/h1-10,28,31H,11-13H2. The van der Waals surface area contributed by atoms with Crippen LogP contribution in [0.15, 0.2) is 65.6 Å². The van der Waals surface area contributed by atoms with Crippen LogP contribution < -0.4 is 5.32 Å². The van der Waals surface area contributed by atoms with Crippen molar-refractivity contribution in [3.63, 3.8) is 0 Å². The van der Waals surface area contributed by atoms with Gasteiger partial charge in [0.2, 0.25) is 0 Å². The van der Waals surface area contributed by atoms with Crippen LogP contribution in [0.2, 0.25) is 0 Å². The first-order valence-electron chi connectivity index (χ1n) is 9.65. The second-order valence-corrected chi connectivity index (χ2v) is 9.81. The number of carbonyl (C=O) groups excluding carboxylic acids is 1. The zero-order valence-corrected chi connectivity index (χ0v) is 19.6. The van der Waals surface area contributed by atoms with Crippen molar-refractivity contribution in [2.75, 3.05) is 24.2 Å². The highest BCUT2D eigenvalue weighted by molar-refractivity contribution is 14.1. The van der Waals surface area contributed by atoms with Gasteiger partial charge in [0.25, 0.3) is 5.91 Å². The highest BCUT2D eigenvalue weighted by Gasteiger charge is 2.44. The van der Waals surface area contributed by atoms with Crippen molar-refractivity contribution in [2.24, 2.45) is 0 Å². The fraction of sp³-hybridized carbons (Fsp3) is 0.174. The molecule has 3 aromatic rings. The molecule has 0 aromatic heterocycles. The third-order valence-corrected chi connectivity index (χ3v) is 6.98. The quantitative estimate of drug-likeness (QED) is 0.307. The van der Waals surface area contributed by atoms with E-state index < -0.39 is 34.6 Å². The zero-order chi connectivity index (χ0) is 22.9. The third kappa shape index (κ3) is 4.89. The van der Waals surface area contributed by atoms with E-state index in [9.17, 15) is 23.1 Å². The molecule has 0 unspecified atom stereocenters. The molecule has 166 valence electrons. The van der Waals surface area contributed by atoms with Crippen LogP contribution in [0.1, 0.15) is 10.4 Å². The predicted molar refractivity (Wildman–Crippen MR) is 127 cm³/mol. The lowest BCUT2D eigenvalue weighted by molar-refractivity contribution is -0.0632. The van der Waals surface area contributed by atoms with Crippen molar-refractivity contribution < 1.29 is 23.1 Å². The van der Waals surface area contributed by atoms with Gasteiger partial charge in [-0.1, -0.05) is 18.2 Å². The highest BCUT2D eigenvalue weighted by atomic mass is 127. The maximum absolute atomic E-state index is 14.6. The summed E-state index contributed by atoms with van der Waals surface area (Å²) < 4.78 is 43.4. The first-order valence-corrected chi connectivity index (χ1v) is 11.7. The molecule has 1 heterocycles. The SMILES string of the molecule is O=C(c1ccc(F)c(F)c1Nc1ccc(I)cc1F)N1CC(O)(CSc2ccccc2)C1. The van der Waals surface area contributed by atoms with E-state index in [-0.39, 0.29) is 24.3 Å². The van der Waals surface area contributed by atoms with E-state index in [0.717, 1.165) is 17.0 Å². The van der Waals surface area contributed by atoms with E-state index in [1.807, 2.05) is 52.9 Å². The Morgan fingerprint density at radius 2 is 1.78 bits per heavy atom. The molecule has 1 fully saturated rings. The Kier molecular flexibility index (Phi) is 6.68. The van der Waals surface area contributed by atoms with Crippen molar-refractivity contribution in [3.8, 4) is 0 Å². The van der Waals surface area contributed by atoms with Crippen LogP contribution in [0.3, 0.4) is 0 Å². The van der Waals surface area contributed by atoms with E-state index in [2.05, 4.69) is 5.32 Å². The molecule has 1 aliphatic rings. The maximum atomic E-state index is 14.6. The Bertz CT molecular complexity index is 1160. The lowest BCUT2D eigenvalue weighted by atomic mass is 9.95. The molecular formula is C23H18F3IN2O2S. The van der Waals surface area contributed by atoms with Crippen molar-refractivity contribution in [2.45, 2.75) is 10.5 Å². The molecule has 1 amide bonds. The first kappa shape index (κ1) is 22.9. The van der Waals surface area contributed by atoms with Gasteiger partial charge in [0.05, 0.1) is 30.0 Å². The number of hydrogen-bond donors (Lipinski definition) is 2. The van der Waals surface area contributed by atoms with Gasteiger partial charge in [0, 0.05) is 14.2 Å². The number of hydrogen-bond acceptors (Lipinski definition) is 4. The largest absolute Gasteiger partial charge is 0.385 e. The maximum Gasteiger partial charge on any atom is 0.256 e. The van der Waals surface area contributed by atoms with Crippen molar-refractivity contribution in [3.05, 3.63) is 87.2 Å². The number of carbonyl (C=O) groups is 1. The molecule has 0 bridgehead atoms. The monoisotopic (exact) mass is 570 g/mol. The number of aliphatic hydroxyl groups is 1. The van der Waals surface area contributed by atoms with Gasteiger partial charge < -0.3 is 15.3 Å². The van der Waals surface area contributed by atoms with Gasteiger partial charge in [0.1, 0.15) is 11.4 Å². The van der Waals surface area contributed by atoms with Gasteiger partial charge in [-0.15, -0.1) is 11.8 Å². The summed E-state index contributed by atoms with van der Waals surface area (Å²) >= 11 is 3.40. The van der Waals surface area contributed by atoms with Gasteiger partial charge in [-0.05, 0) is 65.1 Å². The molecule has 1 aliphatic heterocycles. The first-order chi connectivity index (χ1) is 15.3. The molecule has 9 heteroatoms. The Hall–Kier alpha value is -2.24. The van der Waals surface area contributed by atoms with Gasteiger partial charge in [-0.3, -0.25) is 4.79 Å². The summed E-state index contributed by atoms with van der Waals surface area (Å²) in [4.78, 5) is 15.3. The topological polar surface area (TPSA) is 52.6 Å². The minimum Gasteiger partial charge on any atom is -0.385 e. The molecule has 0 atom stereocenters. The zero-order valence-electron chi connectivity index (χ0n) is 16.6. The van der Waals surface area contributed by atoms with Crippen LogP contribution in [0.25, 0.3) is 0 Å². The molecular weight excluding hydrogens is 552 g/mol. The Labute approximate surface area is 201 Å². The summed E-state index contributed by atoms with van der Waals surface area (Å²) in [5.41, 5.74) is -1.74. The average molecular weight is 570 g/mol. The summed E-state index contributed by atoms with van der Waals surface area (Å²) in [6.45, 7) is 0.115. The minimum atomic E-state index is -1.27. The molecule has 1 saturated heterocycles. The molecule has 0 radical (unpaired) electrons. The number of β-amino-alcohol motifs (C(OH)–C–C–N with tert-alkyl or cyclic N) is 1. The smallest absolute Gasteiger partial charge is 0.256 e. The van der Waals surface area contributed by atoms with Crippen LogP contribution in [-0.2, 0) is 0 Å². The normalized spacial score (nSPS) is 14.7. The minimum absolute atomic E-state index is 0.0575. The highest BCUT2D eigenvalue weighted by Crippen LogP contribution is 2.33. The van der Waals surface area contributed by atoms with E-state index in [1.54, 1.807) is 6.07 Å². The number of rotatable bonds is 6. The number of nitrogens with one attached hydrogen (secondary N) is 1. The summed E-state index contributed by atoms with van der Waals surface area (Å²) in [6.07, 6.45) is 0. The number of benzene rings is 3. The van der Waals surface area contributed by atoms with Crippen LogP contribution in [0.5, 0.6) is 0 Å². The van der Waals surface area contributed by atoms with E-state index >= 15 is 0 Å². The molecule has 0 saturated carbocycles. The lowest BCUT2D eigenvalue weighted by Gasteiger charge is -2.46. The number of halogens is 4. The Balaban J connectivity index is 1.50. The van der Waals surface area contributed by atoms with Gasteiger partial charge in [-0.25, -0.2) is 13.2 Å². The number of thioether (sulfide) groups is 1. The molecule has 32 heavy (non-hydrogen) atoms. The second-order valence-electron chi connectivity index (χ2n) is 7.52. The van der Waals surface area contributed by atoms with Crippen molar-refractivity contribution in [1.82, 2.24) is 4.90 Å². The summed E-state index contributed by atoms with van der Waals surface area (Å²) in [7, 11) is 0. The van der Waals surface area contributed by atoms with Gasteiger partial charge in [0.15, 0.2) is 11.6 Å². The summed E-state index contributed by atoms with van der Waals surface area (Å²) in [6, 6.07) is 15.8. The summed E-state index contributed by atoms with van der Waals surface area (Å²) in [5, 5.41) is 13.2. The van der Waals surface area contributed by atoms with Crippen LogP contribution >= 0.6 is 34.4 Å². The second kappa shape index (κ2) is 9.32. The fourth-order valence-electron chi connectivity index (χ4n) is 3.38. The molecule has 3 aromatic carbocycles. The molecule has 0 aliphatic carbocycles. The third-order valence-electron chi connectivity index (χ3n) is 5.02. The van der Waals surface area contributed by atoms with E-state index in [4.69, 9.17) is 0 Å². The van der Waals surface area contributed by atoms with Crippen LogP contribution in [0, 0.1) is 21.0 Å². The van der Waals surface area contributed by atoms with E-state index in [1.165, 1.54) is 28.8 Å². The van der Waals surface area contributed by atoms with Crippen molar-refractivity contribution >= 4 is 51.6 Å². The van der Waals surface area contributed by atoms with Crippen molar-refractivity contribution in [1.29, 1.82) is 0 Å². The average Bonchev–Trinajstić information content (AvgIpc) is 2.75. The Morgan fingerprint density at radius 1 is 1.06 bits per heavy atom. The van der Waals surface area contributed by atoms with Crippen LogP contribution in [0.4, 0.5) is 24.5 Å². The lowest BCUT2D eigenvalue weighted by Crippen LogP contribution is -2.64. The number of amides is 1. The summed E-state index contributed by atoms with van der Waals surface area (Å²) in [5.74, 6) is -3.28. The van der Waals surface area contributed by atoms with Gasteiger partial charge >= 0.3 is 0 Å². The fourth-order valence-corrected chi connectivity index (χ4v) is 4.80. The molecule has 2 N–H and O–H groups in total. The predicted octanol–water partition coefficient (Wildman–Crippen LogP) is 5.43. The number of nitrogens with zero attached hydrogens (tertiary/aromatic N) is 1. The van der Waals surface area contributed by atoms with E-state index in [0.29, 0.717) is 9.32 Å². The number of anilines is 2. The number of likely N-dealkylation sites (tertiary alicyclic amines) is 1. The molecule has 0 spiro atoms. The molecule has 4 nitrogen and oxygen atoms in total.